The van der Waals surface area contributed by atoms with E-state index in [4.69, 9.17) is 0 Å². The fourth-order valence-corrected chi connectivity index (χ4v) is 11.4. The molecule has 5 aromatic carbocycles. The lowest BCUT2D eigenvalue weighted by atomic mass is 9.35. The second-order valence-electron chi connectivity index (χ2n) is 21.3. The molecule has 0 N–H and O–H groups in total. The van der Waals surface area contributed by atoms with Crippen LogP contribution in [0.4, 0.5) is 34.1 Å². The normalized spacial score (nSPS) is 16.8. The third-order valence-corrected chi connectivity index (χ3v) is 15.0. The summed E-state index contributed by atoms with van der Waals surface area (Å²) < 4.78 is 2.83. The summed E-state index contributed by atoms with van der Waals surface area (Å²) in [5, 5.41) is 1.35. The smallest absolute Gasteiger partial charge is 0.264 e. The van der Waals surface area contributed by atoms with Crippen LogP contribution in [0.2, 0.25) is 0 Å². The molecule has 57 heavy (non-hydrogen) atoms. The molecule has 0 unspecified atom stereocenters. The van der Waals surface area contributed by atoms with Gasteiger partial charge in [0.2, 0.25) is 0 Å². The van der Waals surface area contributed by atoms with Gasteiger partial charge in [0, 0.05) is 43.3 Å². The summed E-state index contributed by atoms with van der Waals surface area (Å²) in [4.78, 5) is 5.29. The molecule has 292 valence electrons. The number of fused-ring (bicyclic) bond motifs is 7. The van der Waals surface area contributed by atoms with Gasteiger partial charge in [-0.3, -0.25) is 0 Å². The molecular formula is C53H61BN2S. The number of anilines is 6. The molecule has 0 spiro atoms. The van der Waals surface area contributed by atoms with Gasteiger partial charge in [-0.2, -0.15) is 0 Å². The standard InChI is InChI=1S/C53H61BN2S/c1-31(2)34-15-22-42(33(4)27-34)56-43-30-40-39(52(11,12)23-24-53(40,13)14)29-41(43)54-47-44(25-32(3)26-45(47)56)55(37-19-16-35(17-20-37)50(5,6)7)48-38-21-18-36(51(8,9)10)28-46(38)57-49(48)54/h15-22,25-31H,23-24H2,1-14H3. The molecule has 0 radical (unpaired) electrons. The Bertz CT molecular complexity index is 2610. The van der Waals surface area contributed by atoms with Crippen molar-refractivity contribution in [1.82, 2.24) is 0 Å². The average molecular weight is 769 g/mol. The Hall–Kier alpha value is -4.28. The van der Waals surface area contributed by atoms with Gasteiger partial charge in [-0.05, 0) is 147 Å². The van der Waals surface area contributed by atoms with Crippen molar-refractivity contribution in [2.45, 2.75) is 137 Å². The summed E-state index contributed by atoms with van der Waals surface area (Å²) in [5.74, 6) is 0.473. The van der Waals surface area contributed by atoms with Crippen LogP contribution < -0.4 is 25.5 Å². The first-order chi connectivity index (χ1) is 26.7. The Morgan fingerprint density at radius 2 is 1.23 bits per heavy atom. The van der Waals surface area contributed by atoms with E-state index in [0.29, 0.717) is 5.92 Å². The summed E-state index contributed by atoms with van der Waals surface area (Å²) in [6.07, 6.45) is 2.38. The molecule has 2 nitrogen and oxygen atoms in total. The maximum absolute atomic E-state index is 2.68. The van der Waals surface area contributed by atoms with E-state index < -0.39 is 0 Å². The lowest BCUT2D eigenvalue weighted by molar-refractivity contribution is 0.332. The van der Waals surface area contributed by atoms with Crippen LogP contribution in [0.15, 0.2) is 84.9 Å². The molecule has 0 saturated carbocycles. The molecule has 1 aliphatic carbocycles. The Balaban J connectivity index is 1.41. The fraction of sp³-hybridized carbons (Fsp3) is 0.396. The van der Waals surface area contributed by atoms with Gasteiger partial charge in [0.25, 0.3) is 6.71 Å². The zero-order valence-corrected chi connectivity index (χ0v) is 37.8. The van der Waals surface area contributed by atoms with Gasteiger partial charge in [0.1, 0.15) is 0 Å². The second kappa shape index (κ2) is 12.6. The van der Waals surface area contributed by atoms with Crippen LogP contribution in [0.3, 0.4) is 0 Å². The van der Waals surface area contributed by atoms with Crippen molar-refractivity contribution in [2.75, 3.05) is 9.80 Å². The van der Waals surface area contributed by atoms with E-state index in [1.54, 1.807) is 0 Å². The zero-order chi connectivity index (χ0) is 40.7. The van der Waals surface area contributed by atoms with Crippen LogP contribution in [0, 0.1) is 13.8 Å². The lowest BCUT2D eigenvalue weighted by Crippen LogP contribution is -2.61. The SMILES string of the molecule is Cc1cc2c3c(c1)N(c1ccc(C(C)(C)C)cc1)c1c(sc4cc(C(C)(C)C)ccc14)B3c1cc3c(cc1N2c1ccc(C(C)C)cc1C)C(C)(C)CCC3(C)C. The highest BCUT2D eigenvalue weighted by molar-refractivity contribution is 7.33. The van der Waals surface area contributed by atoms with Crippen molar-refractivity contribution in [1.29, 1.82) is 0 Å². The number of aryl methyl sites for hydroxylation is 2. The van der Waals surface area contributed by atoms with Crippen LogP contribution in [0.1, 0.15) is 141 Å². The van der Waals surface area contributed by atoms with E-state index in [-0.39, 0.29) is 28.4 Å². The molecule has 3 aliphatic rings. The minimum atomic E-state index is 0.0623. The Morgan fingerprint density at radius 3 is 1.82 bits per heavy atom. The van der Waals surface area contributed by atoms with Crippen LogP contribution in [-0.2, 0) is 21.7 Å². The first-order valence-corrected chi connectivity index (χ1v) is 22.2. The Morgan fingerprint density at radius 1 is 0.632 bits per heavy atom. The highest BCUT2D eigenvalue weighted by atomic mass is 32.1. The predicted molar refractivity (Wildman–Crippen MR) is 252 cm³/mol. The van der Waals surface area contributed by atoms with Crippen molar-refractivity contribution in [3.63, 3.8) is 0 Å². The van der Waals surface area contributed by atoms with Crippen LogP contribution in [-0.4, -0.2) is 6.71 Å². The Kier molecular flexibility index (Phi) is 8.46. The molecule has 0 fully saturated rings. The Labute approximate surface area is 347 Å². The largest absolute Gasteiger partial charge is 0.311 e. The van der Waals surface area contributed by atoms with Crippen LogP contribution >= 0.6 is 11.3 Å². The van der Waals surface area contributed by atoms with Gasteiger partial charge in [-0.1, -0.05) is 126 Å². The first-order valence-electron chi connectivity index (χ1n) is 21.4. The molecule has 0 atom stereocenters. The van der Waals surface area contributed by atoms with Gasteiger partial charge in [0.05, 0.1) is 5.69 Å². The third kappa shape index (κ3) is 5.94. The summed E-state index contributed by atoms with van der Waals surface area (Å²) in [6, 6.07) is 34.2. The predicted octanol–water partition coefficient (Wildman–Crippen LogP) is 13.7. The van der Waals surface area contributed by atoms with Gasteiger partial charge < -0.3 is 9.80 Å². The van der Waals surface area contributed by atoms with E-state index in [1.807, 2.05) is 11.3 Å². The van der Waals surface area contributed by atoms with Crippen molar-refractivity contribution < 1.29 is 0 Å². The molecule has 0 saturated heterocycles. The number of benzene rings is 5. The molecule has 2 aliphatic heterocycles. The van der Waals surface area contributed by atoms with E-state index in [1.165, 1.54) is 112 Å². The van der Waals surface area contributed by atoms with E-state index in [2.05, 4.69) is 192 Å². The molecule has 0 amide bonds. The van der Waals surface area contributed by atoms with E-state index >= 15 is 0 Å². The molecule has 1 aromatic heterocycles. The number of hydrogen-bond acceptors (Lipinski definition) is 3. The molecule has 9 rings (SSSR count). The third-order valence-electron chi connectivity index (χ3n) is 13.8. The summed E-state index contributed by atoms with van der Waals surface area (Å²) in [6.45, 7) is 33.2. The quantitative estimate of drug-likeness (QED) is 0.165. The second-order valence-corrected chi connectivity index (χ2v) is 22.4. The molecule has 0 bridgehead atoms. The highest BCUT2D eigenvalue weighted by Gasteiger charge is 2.48. The van der Waals surface area contributed by atoms with Gasteiger partial charge in [-0.15, -0.1) is 11.3 Å². The molecule has 6 aromatic rings. The minimum Gasteiger partial charge on any atom is -0.311 e. The number of rotatable bonds is 3. The van der Waals surface area contributed by atoms with Crippen LogP contribution in [0.25, 0.3) is 10.1 Å². The lowest BCUT2D eigenvalue weighted by Gasteiger charge is -2.47. The van der Waals surface area contributed by atoms with E-state index in [9.17, 15) is 0 Å². The summed E-state index contributed by atoms with van der Waals surface area (Å²) in [5.41, 5.74) is 20.8. The minimum absolute atomic E-state index is 0.0623. The summed E-state index contributed by atoms with van der Waals surface area (Å²) >= 11 is 2.02. The van der Waals surface area contributed by atoms with Crippen LogP contribution in [0.5, 0.6) is 0 Å². The van der Waals surface area contributed by atoms with Crippen molar-refractivity contribution in [3.8, 4) is 0 Å². The van der Waals surface area contributed by atoms with Crippen molar-refractivity contribution >= 4 is 78.0 Å². The number of hydrogen-bond donors (Lipinski definition) is 0. The summed E-state index contributed by atoms with van der Waals surface area (Å²) in [7, 11) is 0. The van der Waals surface area contributed by atoms with Gasteiger partial charge in [0.15, 0.2) is 0 Å². The first kappa shape index (κ1) is 38.3. The van der Waals surface area contributed by atoms with Gasteiger partial charge >= 0.3 is 0 Å². The average Bonchev–Trinajstić information content (AvgIpc) is 3.51. The number of nitrogens with zero attached hydrogens (tertiary/aromatic N) is 2. The monoisotopic (exact) mass is 768 g/mol. The topological polar surface area (TPSA) is 6.48 Å². The van der Waals surface area contributed by atoms with E-state index in [0.717, 1.165) is 0 Å². The molecular weight excluding hydrogens is 707 g/mol. The zero-order valence-electron chi connectivity index (χ0n) is 37.0. The van der Waals surface area contributed by atoms with Gasteiger partial charge in [-0.25, -0.2) is 0 Å². The maximum atomic E-state index is 2.68. The molecule has 3 heterocycles. The highest BCUT2D eigenvalue weighted by Crippen LogP contribution is 2.52. The maximum Gasteiger partial charge on any atom is 0.264 e. The number of thiophene rings is 1. The fourth-order valence-electron chi connectivity index (χ4n) is 10.1. The van der Waals surface area contributed by atoms with Crippen molar-refractivity contribution in [3.05, 3.63) is 124 Å². The van der Waals surface area contributed by atoms with Crippen molar-refractivity contribution in [2.24, 2.45) is 0 Å². The molecule has 4 heteroatoms.